The molecule has 1 aromatic heterocycles. The van der Waals surface area contributed by atoms with Gasteiger partial charge in [0.05, 0.1) is 26.4 Å². The Labute approximate surface area is 121 Å². The average Bonchev–Trinajstić information content (AvgIpc) is 2.63. The highest BCUT2D eigenvalue weighted by atomic mass is 79.9. The van der Waals surface area contributed by atoms with Gasteiger partial charge in [-0.3, -0.25) is 4.79 Å². The molecule has 17 heavy (non-hydrogen) atoms. The van der Waals surface area contributed by atoms with Crippen LogP contribution in [0.3, 0.4) is 0 Å². The van der Waals surface area contributed by atoms with Crippen LogP contribution in [0.25, 0.3) is 0 Å². The second-order valence-corrected chi connectivity index (χ2v) is 7.00. The van der Waals surface area contributed by atoms with E-state index < -0.39 is 0 Å². The third kappa shape index (κ3) is 4.33. The largest absolute Gasteiger partial charge is 0.395 e. The molecule has 1 N–H and O–H groups in total. The third-order valence-corrected chi connectivity index (χ3v) is 4.45. The molecule has 4 nitrogen and oxygen atoms in total. The lowest BCUT2D eigenvalue weighted by atomic mass is 10.3. The molecule has 0 spiro atoms. The molecular weight excluding hydrogens is 374 g/mol. The van der Waals surface area contributed by atoms with E-state index in [0.717, 1.165) is 7.57 Å². The number of aliphatic hydroxyl groups is 1. The van der Waals surface area contributed by atoms with Gasteiger partial charge in [-0.15, -0.1) is 11.3 Å². The maximum atomic E-state index is 12.2. The second-order valence-electron chi connectivity index (χ2n) is 3.25. The fourth-order valence-corrected chi connectivity index (χ4v) is 4.07. The number of hydrogen-bond donors (Lipinski definition) is 1. The highest BCUT2D eigenvalue weighted by Gasteiger charge is 2.19. The highest BCUT2D eigenvalue weighted by Crippen LogP contribution is 2.32. The van der Waals surface area contributed by atoms with Gasteiger partial charge in [-0.05, 0) is 37.9 Å². The molecule has 0 unspecified atom stereocenters. The molecule has 7 heteroatoms. The number of nitrogens with zero attached hydrogens (tertiary/aromatic N) is 1. The number of aliphatic hydroxyl groups excluding tert-OH is 1. The summed E-state index contributed by atoms with van der Waals surface area (Å²) < 4.78 is 6.63. The van der Waals surface area contributed by atoms with Gasteiger partial charge < -0.3 is 14.7 Å². The van der Waals surface area contributed by atoms with E-state index in [1.165, 1.54) is 11.3 Å². The molecule has 0 radical (unpaired) electrons. The Hall–Kier alpha value is 0.0500. The van der Waals surface area contributed by atoms with Crippen molar-refractivity contribution in [3.63, 3.8) is 0 Å². The third-order valence-electron chi connectivity index (χ3n) is 2.11. The highest BCUT2D eigenvalue weighted by molar-refractivity contribution is 9.12. The van der Waals surface area contributed by atoms with E-state index in [4.69, 9.17) is 9.84 Å². The van der Waals surface area contributed by atoms with Crippen LogP contribution in [-0.2, 0) is 4.74 Å². The van der Waals surface area contributed by atoms with Gasteiger partial charge in [0.25, 0.3) is 5.91 Å². The number of carbonyl (C=O) groups is 1. The van der Waals surface area contributed by atoms with Crippen molar-refractivity contribution in [1.82, 2.24) is 4.90 Å². The van der Waals surface area contributed by atoms with Crippen molar-refractivity contribution < 1.29 is 14.6 Å². The number of thiophene rings is 1. The van der Waals surface area contributed by atoms with Crippen molar-refractivity contribution in [2.24, 2.45) is 0 Å². The quantitative estimate of drug-likeness (QED) is 0.816. The monoisotopic (exact) mass is 385 g/mol. The summed E-state index contributed by atoms with van der Waals surface area (Å²) in [6.45, 7) is 1.17. The molecule has 0 aromatic carbocycles. The number of amides is 1. The summed E-state index contributed by atoms with van der Waals surface area (Å²) >= 11 is 8.14. The van der Waals surface area contributed by atoms with Crippen molar-refractivity contribution in [3.8, 4) is 0 Å². The molecule has 1 aromatic rings. The van der Waals surface area contributed by atoms with Crippen LogP contribution >= 0.6 is 43.2 Å². The van der Waals surface area contributed by atoms with Crippen molar-refractivity contribution in [1.29, 1.82) is 0 Å². The van der Waals surface area contributed by atoms with E-state index in [1.807, 2.05) is 0 Å². The predicted molar refractivity (Wildman–Crippen MR) is 74.6 cm³/mol. The SMILES string of the molecule is COCCN(CCO)C(=O)c1cc(Br)sc1Br. The molecular formula is C10H13Br2NO3S. The van der Waals surface area contributed by atoms with Crippen molar-refractivity contribution in [3.05, 3.63) is 19.2 Å². The molecule has 96 valence electrons. The Morgan fingerprint density at radius 1 is 1.53 bits per heavy atom. The minimum absolute atomic E-state index is 0.0572. The van der Waals surface area contributed by atoms with E-state index >= 15 is 0 Å². The van der Waals surface area contributed by atoms with Crippen molar-refractivity contribution in [2.45, 2.75) is 0 Å². The minimum atomic E-state index is -0.107. The Bertz CT molecular complexity index is 384. The number of ether oxygens (including phenoxy) is 1. The Kier molecular flexibility index (Phi) is 6.65. The van der Waals surface area contributed by atoms with Gasteiger partial charge in [-0.2, -0.15) is 0 Å². The lowest BCUT2D eigenvalue weighted by Crippen LogP contribution is -2.36. The van der Waals surface area contributed by atoms with Crippen molar-refractivity contribution >= 4 is 49.1 Å². The summed E-state index contributed by atoms with van der Waals surface area (Å²) in [5.41, 5.74) is 0.603. The van der Waals surface area contributed by atoms with Crippen molar-refractivity contribution in [2.75, 3.05) is 33.4 Å². The first-order valence-electron chi connectivity index (χ1n) is 4.94. The number of carbonyl (C=O) groups excluding carboxylic acids is 1. The molecule has 0 aliphatic carbocycles. The summed E-state index contributed by atoms with van der Waals surface area (Å²) in [5.74, 6) is -0.107. The zero-order valence-electron chi connectivity index (χ0n) is 9.28. The first kappa shape index (κ1) is 15.1. The molecule has 1 amide bonds. The van der Waals surface area contributed by atoms with Gasteiger partial charge in [0, 0.05) is 20.2 Å². The molecule has 0 aliphatic heterocycles. The Morgan fingerprint density at radius 2 is 2.24 bits per heavy atom. The van der Waals surface area contributed by atoms with Crippen LogP contribution in [0, 0.1) is 0 Å². The molecule has 1 rings (SSSR count). The van der Waals surface area contributed by atoms with Gasteiger partial charge >= 0.3 is 0 Å². The molecule has 1 heterocycles. The van der Waals surface area contributed by atoms with E-state index in [1.54, 1.807) is 18.1 Å². The van der Waals surface area contributed by atoms with E-state index in [0.29, 0.717) is 25.3 Å². The number of halogens is 2. The lowest BCUT2D eigenvalue weighted by Gasteiger charge is -2.21. The van der Waals surface area contributed by atoms with Gasteiger partial charge in [-0.1, -0.05) is 0 Å². The van der Waals surface area contributed by atoms with E-state index in [-0.39, 0.29) is 12.5 Å². The van der Waals surface area contributed by atoms with Crippen LogP contribution in [0.15, 0.2) is 13.6 Å². The smallest absolute Gasteiger partial charge is 0.256 e. The normalized spacial score (nSPS) is 10.6. The number of rotatable bonds is 6. The van der Waals surface area contributed by atoms with Crippen LogP contribution in [0.4, 0.5) is 0 Å². The van der Waals surface area contributed by atoms with Gasteiger partial charge in [0.1, 0.15) is 0 Å². The number of methoxy groups -OCH3 is 1. The topological polar surface area (TPSA) is 49.8 Å². The summed E-state index contributed by atoms with van der Waals surface area (Å²) in [6, 6.07) is 1.77. The van der Waals surface area contributed by atoms with Crippen LogP contribution in [0.5, 0.6) is 0 Å². The first-order valence-corrected chi connectivity index (χ1v) is 7.34. The molecule has 0 aliphatic rings. The summed E-state index contributed by atoms with van der Waals surface area (Å²) in [7, 11) is 1.58. The maximum absolute atomic E-state index is 12.2. The molecule has 0 atom stereocenters. The minimum Gasteiger partial charge on any atom is -0.395 e. The lowest BCUT2D eigenvalue weighted by molar-refractivity contribution is 0.0656. The van der Waals surface area contributed by atoms with E-state index in [2.05, 4.69) is 31.9 Å². The van der Waals surface area contributed by atoms with Crippen LogP contribution in [-0.4, -0.2) is 49.3 Å². The Balaban J connectivity index is 2.79. The molecule has 0 saturated carbocycles. The second kappa shape index (κ2) is 7.48. The van der Waals surface area contributed by atoms with Crippen LogP contribution in [0.1, 0.15) is 10.4 Å². The molecule has 0 saturated heterocycles. The fourth-order valence-electron chi connectivity index (χ4n) is 1.29. The van der Waals surface area contributed by atoms with Crippen LogP contribution in [0.2, 0.25) is 0 Å². The summed E-state index contributed by atoms with van der Waals surface area (Å²) in [5, 5.41) is 8.95. The maximum Gasteiger partial charge on any atom is 0.256 e. The van der Waals surface area contributed by atoms with Gasteiger partial charge in [0.2, 0.25) is 0 Å². The molecule has 0 bridgehead atoms. The average molecular weight is 387 g/mol. The fraction of sp³-hybridized carbons (Fsp3) is 0.500. The zero-order valence-corrected chi connectivity index (χ0v) is 13.3. The van der Waals surface area contributed by atoms with Gasteiger partial charge in [0.15, 0.2) is 0 Å². The van der Waals surface area contributed by atoms with Crippen LogP contribution < -0.4 is 0 Å². The Morgan fingerprint density at radius 3 is 2.71 bits per heavy atom. The standard InChI is InChI=1S/C10H13Br2NO3S/c1-16-5-3-13(2-4-14)10(15)7-6-8(11)17-9(7)12/h6,14H,2-5H2,1H3. The van der Waals surface area contributed by atoms with E-state index in [9.17, 15) is 4.79 Å². The first-order chi connectivity index (χ1) is 8.10. The zero-order chi connectivity index (χ0) is 12.8. The summed E-state index contributed by atoms with van der Waals surface area (Å²) in [4.78, 5) is 13.8. The predicted octanol–water partition coefficient (Wildman–Crippen LogP) is 2.35. The number of hydrogen-bond acceptors (Lipinski definition) is 4. The molecule has 0 fully saturated rings. The summed E-state index contributed by atoms with van der Waals surface area (Å²) in [6.07, 6.45) is 0. The van der Waals surface area contributed by atoms with Gasteiger partial charge in [-0.25, -0.2) is 0 Å².